The second-order valence-corrected chi connectivity index (χ2v) is 10.8. The van der Waals surface area contributed by atoms with Crippen LogP contribution in [0.25, 0.3) is 10.9 Å². The number of fused-ring (bicyclic) bond motifs is 1. The third kappa shape index (κ3) is 6.37. The molecule has 5 rings (SSSR count). The van der Waals surface area contributed by atoms with E-state index in [1.165, 1.54) is 12.1 Å². The van der Waals surface area contributed by atoms with Gasteiger partial charge in [-0.15, -0.1) is 0 Å². The molecule has 6 nitrogen and oxygen atoms in total. The summed E-state index contributed by atoms with van der Waals surface area (Å²) < 4.78 is 42.7. The summed E-state index contributed by atoms with van der Waals surface area (Å²) >= 11 is 1.69. The normalized spacial score (nSPS) is 17.5. The second-order valence-electron chi connectivity index (χ2n) is 9.63. The average molecular weight is 531 g/mol. The fourth-order valence-corrected chi connectivity index (χ4v) is 5.84. The highest BCUT2D eigenvalue weighted by atomic mass is 32.2. The summed E-state index contributed by atoms with van der Waals surface area (Å²) in [5.41, 5.74) is 0.228. The van der Waals surface area contributed by atoms with Crippen LogP contribution in [0.4, 0.5) is 13.2 Å². The number of hydrogen-bond acceptors (Lipinski definition) is 5. The van der Waals surface area contributed by atoms with Crippen LogP contribution in [0.5, 0.6) is 0 Å². The van der Waals surface area contributed by atoms with Gasteiger partial charge in [0.25, 0.3) is 0 Å². The molecule has 2 aliphatic heterocycles. The van der Waals surface area contributed by atoms with Crippen molar-refractivity contribution in [1.29, 1.82) is 0 Å². The number of pyridine rings is 1. The third-order valence-corrected chi connectivity index (χ3v) is 8.03. The van der Waals surface area contributed by atoms with Crippen molar-refractivity contribution < 1.29 is 18.0 Å². The molecule has 3 heterocycles. The van der Waals surface area contributed by atoms with Crippen LogP contribution in [-0.2, 0) is 17.4 Å². The van der Waals surface area contributed by atoms with Crippen molar-refractivity contribution >= 4 is 28.8 Å². The molecule has 0 aliphatic carbocycles. The molecule has 2 saturated heterocycles. The van der Waals surface area contributed by atoms with Gasteiger partial charge in [0.1, 0.15) is 0 Å². The Morgan fingerprint density at radius 2 is 1.57 bits per heavy atom. The zero-order valence-electron chi connectivity index (χ0n) is 20.4. The number of nitrogens with one attached hydrogen (secondary N) is 1. The van der Waals surface area contributed by atoms with Gasteiger partial charge in [0, 0.05) is 61.1 Å². The zero-order chi connectivity index (χ0) is 26.0. The Morgan fingerprint density at radius 3 is 2.24 bits per heavy atom. The number of nitrogens with zero attached hydrogens (tertiary/aromatic N) is 3. The minimum atomic E-state index is -4.60. The predicted octanol–water partition coefficient (Wildman–Crippen LogP) is 4.38. The van der Waals surface area contributed by atoms with E-state index in [9.17, 15) is 22.8 Å². The number of likely N-dealkylation sites (tertiary alicyclic amines) is 1. The number of H-pyrrole nitrogens is 1. The largest absolute Gasteiger partial charge is 0.417 e. The number of piperazine rings is 1. The summed E-state index contributed by atoms with van der Waals surface area (Å²) in [7, 11) is 0. The van der Waals surface area contributed by atoms with Crippen molar-refractivity contribution in [3.8, 4) is 0 Å². The monoisotopic (exact) mass is 530 g/mol. The van der Waals surface area contributed by atoms with Crippen LogP contribution in [0.2, 0.25) is 0 Å². The molecular weight excluding hydrogens is 501 g/mol. The molecule has 0 bridgehead atoms. The number of carbonyl (C=O) groups excluding carboxylic acids is 1. The van der Waals surface area contributed by atoms with Crippen molar-refractivity contribution in [3.63, 3.8) is 0 Å². The van der Waals surface area contributed by atoms with E-state index < -0.39 is 17.3 Å². The Bertz CT molecular complexity index is 1310. The molecular formula is C27H29F3N4O2S. The van der Waals surface area contributed by atoms with Crippen molar-refractivity contribution in [2.24, 2.45) is 0 Å². The van der Waals surface area contributed by atoms with E-state index >= 15 is 0 Å². The molecule has 2 aliphatic rings. The Balaban J connectivity index is 1.17. The summed E-state index contributed by atoms with van der Waals surface area (Å²) in [5, 5.41) is -0.00181. The van der Waals surface area contributed by atoms with Gasteiger partial charge in [-0.1, -0.05) is 18.2 Å². The number of amides is 1. The van der Waals surface area contributed by atoms with E-state index in [-0.39, 0.29) is 16.8 Å². The lowest BCUT2D eigenvalue weighted by Crippen LogP contribution is -2.47. The van der Waals surface area contributed by atoms with E-state index in [0.29, 0.717) is 19.0 Å². The van der Waals surface area contributed by atoms with Crippen molar-refractivity contribution in [3.05, 3.63) is 75.6 Å². The van der Waals surface area contributed by atoms with Crippen molar-refractivity contribution in [2.75, 3.05) is 45.8 Å². The lowest BCUT2D eigenvalue weighted by atomic mass is 10.0. The van der Waals surface area contributed by atoms with Gasteiger partial charge >= 0.3 is 6.18 Å². The van der Waals surface area contributed by atoms with Gasteiger partial charge in [-0.3, -0.25) is 14.5 Å². The minimum absolute atomic E-state index is 0.00181. The molecule has 3 aromatic rings. The van der Waals surface area contributed by atoms with Gasteiger partial charge in [-0.25, -0.2) is 4.31 Å². The van der Waals surface area contributed by atoms with Crippen molar-refractivity contribution in [2.45, 2.75) is 30.3 Å². The maximum Gasteiger partial charge on any atom is 0.417 e. The molecule has 2 aromatic carbocycles. The molecule has 37 heavy (non-hydrogen) atoms. The lowest BCUT2D eigenvalue weighted by Gasteiger charge is -2.34. The Morgan fingerprint density at radius 1 is 0.892 bits per heavy atom. The Labute approximate surface area is 217 Å². The van der Waals surface area contributed by atoms with E-state index in [1.807, 2.05) is 29.2 Å². The van der Waals surface area contributed by atoms with E-state index in [1.54, 1.807) is 18.0 Å². The summed E-state index contributed by atoms with van der Waals surface area (Å²) in [6.45, 7) is 5.75. The Kier molecular flexibility index (Phi) is 7.60. The first-order valence-electron chi connectivity index (χ1n) is 12.5. The molecule has 0 atom stereocenters. The first kappa shape index (κ1) is 25.8. The first-order valence-corrected chi connectivity index (χ1v) is 13.3. The zero-order valence-corrected chi connectivity index (χ0v) is 21.2. The van der Waals surface area contributed by atoms with Gasteiger partial charge in [-0.2, -0.15) is 13.2 Å². The van der Waals surface area contributed by atoms with E-state index in [0.717, 1.165) is 68.1 Å². The highest BCUT2D eigenvalue weighted by Crippen LogP contribution is 2.34. The van der Waals surface area contributed by atoms with Crippen LogP contribution >= 0.6 is 11.9 Å². The predicted molar refractivity (Wildman–Crippen MR) is 139 cm³/mol. The number of rotatable bonds is 6. The molecule has 10 heteroatoms. The average Bonchev–Trinajstić information content (AvgIpc) is 3.41. The van der Waals surface area contributed by atoms with Gasteiger partial charge < -0.3 is 9.88 Å². The molecule has 2 fully saturated rings. The standard InChI is InChI=1S/C27H29F3N4O2S/c28-27(29,30)23-17-25(35)31-24-8-5-20(16-22(23)24)15-19-3-6-21(7-4-19)37-34-13-11-32(12-14-34)18-26(36)33-9-1-2-10-33/h3-8,16-17H,1-2,9-15,18H2,(H,31,35). The van der Waals surface area contributed by atoms with Crippen LogP contribution in [0.1, 0.15) is 29.5 Å². The van der Waals surface area contributed by atoms with E-state index in [4.69, 9.17) is 0 Å². The van der Waals surface area contributed by atoms with Gasteiger partial charge in [0.2, 0.25) is 11.5 Å². The third-order valence-electron chi connectivity index (χ3n) is 6.93. The number of alkyl halides is 3. The van der Waals surface area contributed by atoms with Gasteiger partial charge in [-0.05, 0) is 66.6 Å². The number of hydrogen-bond donors (Lipinski definition) is 1. The number of benzene rings is 2. The highest BCUT2D eigenvalue weighted by Gasteiger charge is 2.33. The number of aromatic nitrogens is 1. The highest BCUT2D eigenvalue weighted by molar-refractivity contribution is 7.97. The molecule has 0 unspecified atom stereocenters. The topological polar surface area (TPSA) is 59.7 Å². The maximum atomic E-state index is 13.5. The van der Waals surface area contributed by atoms with Gasteiger partial charge in [0.05, 0.1) is 12.1 Å². The van der Waals surface area contributed by atoms with Crippen LogP contribution in [-0.4, -0.2) is 70.8 Å². The molecule has 0 radical (unpaired) electrons. The SMILES string of the molecule is O=C(CN1CCN(Sc2ccc(Cc3ccc4[nH]c(=O)cc(C(F)(F)F)c4c3)cc2)CC1)N1CCCC1. The molecule has 0 saturated carbocycles. The summed E-state index contributed by atoms with van der Waals surface area (Å²) in [5.74, 6) is 0.239. The van der Waals surface area contributed by atoms with Gasteiger partial charge in [0.15, 0.2) is 0 Å². The lowest BCUT2D eigenvalue weighted by molar-refractivity contribution is -0.136. The first-order chi connectivity index (χ1) is 17.7. The molecule has 0 spiro atoms. The Hall–Kier alpha value is -2.82. The summed E-state index contributed by atoms with van der Waals surface area (Å²) in [4.78, 5) is 31.8. The summed E-state index contributed by atoms with van der Waals surface area (Å²) in [6.07, 6.45) is -1.89. The number of halogens is 3. The fraction of sp³-hybridized carbons (Fsp3) is 0.407. The number of aromatic amines is 1. The van der Waals surface area contributed by atoms with Crippen molar-refractivity contribution in [1.82, 2.24) is 19.1 Å². The maximum absolute atomic E-state index is 13.5. The minimum Gasteiger partial charge on any atom is -0.342 e. The number of carbonyl (C=O) groups is 1. The molecule has 1 aromatic heterocycles. The van der Waals surface area contributed by atoms with Crippen LogP contribution in [0.3, 0.4) is 0 Å². The van der Waals surface area contributed by atoms with Crippen LogP contribution in [0.15, 0.2) is 58.2 Å². The van der Waals surface area contributed by atoms with E-state index in [2.05, 4.69) is 14.2 Å². The second kappa shape index (κ2) is 10.9. The summed E-state index contributed by atoms with van der Waals surface area (Å²) in [6, 6.07) is 13.4. The smallest absolute Gasteiger partial charge is 0.342 e. The van der Waals surface area contributed by atoms with Crippen LogP contribution < -0.4 is 5.56 Å². The fourth-order valence-electron chi connectivity index (χ4n) is 4.94. The quantitative estimate of drug-likeness (QED) is 0.480. The van der Waals surface area contributed by atoms with Crippen LogP contribution in [0, 0.1) is 0 Å². The molecule has 1 amide bonds. The molecule has 196 valence electrons. The molecule has 1 N–H and O–H groups in total.